The molecule has 9 nitrogen and oxygen atoms in total. The summed E-state index contributed by atoms with van der Waals surface area (Å²) < 4.78 is 17.1. The molecule has 10 heteroatoms. The van der Waals surface area contributed by atoms with Crippen LogP contribution in [0.2, 0.25) is 0 Å². The maximum Gasteiger partial charge on any atom is 0.258 e. The van der Waals surface area contributed by atoms with E-state index >= 15 is 0 Å². The van der Waals surface area contributed by atoms with E-state index in [1.807, 2.05) is 36.4 Å². The molecule has 0 radical (unpaired) electrons. The lowest BCUT2D eigenvalue weighted by Gasteiger charge is -2.31. The van der Waals surface area contributed by atoms with Crippen molar-refractivity contribution in [1.82, 2.24) is 16.0 Å². The van der Waals surface area contributed by atoms with E-state index in [-0.39, 0.29) is 38.1 Å². The largest absolute Gasteiger partial charge is 0.494 e. The lowest BCUT2D eigenvalue weighted by Crippen LogP contribution is -2.34. The lowest BCUT2D eigenvalue weighted by atomic mass is 9.78. The van der Waals surface area contributed by atoms with E-state index in [2.05, 4.69) is 35.9 Å². The highest BCUT2D eigenvalue weighted by Crippen LogP contribution is 2.40. The third-order valence-electron chi connectivity index (χ3n) is 6.73. The first kappa shape index (κ1) is 33.7. The number of ether oxygens (including phenoxy) is 3. The van der Waals surface area contributed by atoms with Crippen molar-refractivity contribution in [2.45, 2.75) is 46.6 Å². The van der Waals surface area contributed by atoms with Crippen LogP contribution in [0.1, 0.15) is 40.5 Å². The van der Waals surface area contributed by atoms with E-state index in [1.165, 1.54) is 6.92 Å². The molecule has 0 fully saturated rings. The number of nitrogens with zero attached hydrogens (tertiary/aromatic N) is 1. The number of carbonyl (C=O) groups excluding carboxylic acids is 2. The molecule has 3 N–H and O–H groups in total. The van der Waals surface area contributed by atoms with Gasteiger partial charge < -0.3 is 30.2 Å². The van der Waals surface area contributed by atoms with Crippen LogP contribution >= 0.6 is 11.6 Å². The van der Waals surface area contributed by atoms with Crippen molar-refractivity contribution in [2.75, 3.05) is 39.5 Å². The van der Waals surface area contributed by atoms with E-state index in [0.29, 0.717) is 58.0 Å². The Morgan fingerprint density at radius 1 is 1.14 bits per heavy atom. The Morgan fingerprint density at radius 2 is 1.86 bits per heavy atom. The average Bonchev–Trinajstić information content (AvgIpc) is 3.19. The number of amides is 1. The molecule has 1 aromatic carbocycles. The number of hydrogen-bond acceptors (Lipinski definition) is 8. The third-order valence-corrected chi connectivity index (χ3v) is 7.10. The van der Waals surface area contributed by atoms with Crippen molar-refractivity contribution in [1.29, 1.82) is 5.26 Å². The molecule has 1 atom stereocenters. The SMILES string of the molecule is CC(=O)C1=C(COCCNC(=O)COc2ccc(OCCCNC(C)C)cc2)NC(C)=C(C#N)C1C1=CC=CCC=C1Cl. The molecule has 1 aliphatic carbocycles. The second-order valence-electron chi connectivity index (χ2n) is 10.5. The summed E-state index contributed by atoms with van der Waals surface area (Å²) >= 11 is 6.57. The molecule has 230 valence electrons. The Kier molecular flexibility index (Phi) is 13.6. The summed E-state index contributed by atoms with van der Waals surface area (Å²) in [6.07, 6.45) is 9.13. The molecule has 1 aromatic rings. The second kappa shape index (κ2) is 17.3. The molecule has 2 aliphatic rings. The number of nitriles is 1. The second-order valence-corrected chi connectivity index (χ2v) is 10.9. The fraction of sp³-hybridized carbons (Fsp3) is 0.424. The van der Waals surface area contributed by atoms with Crippen molar-refractivity contribution < 1.29 is 23.8 Å². The zero-order valence-electron chi connectivity index (χ0n) is 25.3. The fourth-order valence-corrected chi connectivity index (χ4v) is 4.92. The van der Waals surface area contributed by atoms with Gasteiger partial charge >= 0.3 is 0 Å². The highest BCUT2D eigenvalue weighted by Gasteiger charge is 2.35. The van der Waals surface area contributed by atoms with E-state index < -0.39 is 5.92 Å². The van der Waals surface area contributed by atoms with Crippen LogP contribution in [0.25, 0.3) is 0 Å². The Bertz CT molecular complexity index is 1340. The molecule has 1 aliphatic heterocycles. The molecular formula is C33H41ClN4O5. The number of ketones is 1. The molecule has 0 aromatic heterocycles. The number of rotatable bonds is 16. The van der Waals surface area contributed by atoms with Crippen molar-refractivity contribution in [3.63, 3.8) is 0 Å². The predicted molar refractivity (Wildman–Crippen MR) is 167 cm³/mol. The number of allylic oxidation sites excluding steroid dienone is 9. The van der Waals surface area contributed by atoms with Gasteiger partial charge in [-0.2, -0.15) is 5.26 Å². The summed E-state index contributed by atoms with van der Waals surface area (Å²) in [7, 11) is 0. The molecule has 0 spiro atoms. The number of Topliss-reactive ketones (excluding diaryl/α,β-unsaturated/α-hetero) is 1. The average molecular weight is 609 g/mol. The zero-order chi connectivity index (χ0) is 31.2. The smallest absolute Gasteiger partial charge is 0.258 e. The highest BCUT2D eigenvalue weighted by atomic mass is 35.5. The zero-order valence-corrected chi connectivity index (χ0v) is 26.1. The van der Waals surface area contributed by atoms with Gasteiger partial charge in [0.1, 0.15) is 11.5 Å². The van der Waals surface area contributed by atoms with Gasteiger partial charge in [0, 0.05) is 34.6 Å². The van der Waals surface area contributed by atoms with Crippen LogP contribution in [0.5, 0.6) is 11.5 Å². The summed E-state index contributed by atoms with van der Waals surface area (Å²) in [6, 6.07) is 9.87. The van der Waals surface area contributed by atoms with Crippen LogP contribution in [0.3, 0.4) is 0 Å². The highest BCUT2D eigenvalue weighted by molar-refractivity contribution is 6.32. The maximum atomic E-state index is 12.8. The van der Waals surface area contributed by atoms with Gasteiger partial charge in [-0.3, -0.25) is 9.59 Å². The quantitative estimate of drug-likeness (QED) is 0.228. The lowest BCUT2D eigenvalue weighted by molar-refractivity contribution is -0.123. The standard InChI is InChI=1S/C33H41ClN4O5/c1-22(2)36-15-8-17-42-25-11-13-26(14-12-25)43-21-31(40)37-16-18-41-20-30-32(24(4)39)33(28(19-35)23(3)38-30)27-9-6-5-7-10-29(27)34/h5-6,9-14,22,33,36,38H,7-8,15-18,20-21H2,1-4H3,(H,37,40). The van der Waals surface area contributed by atoms with Crippen LogP contribution in [0, 0.1) is 17.2 Å². The van der Waals surface area contributed by atoms with E-state index in [0.717, 1.165) is 18.7 Å². The Labute approximate surface area is 259 Å². The Hall–Kier alpha value is -3.84. The number of carbonyl (C=O) groups is 2. The monoisotopic (exact) mass is 608 g/mol. The fourth-order valence-electron chi connectivity index (χ4n) is 4.66. The summed E-state index contributed by atoms with van der Waals surface area (Å²) in [5.41, 5.74) is 2.78. The van der Waals surface area contributed by atoms with Crippen LogP contribution in [0.15, 0.2) is 81.7 Å². The van der Waals surface area contributed by atoms with Crippen molar-refractivity contribution in [3.8, 4) is 17.6 Å². The molecule has 0 bridgehead atoms. The molecule has 43 heavy (non-hydrogen) atoms. The van der Waals surface area contributed by atoms with Gasteiger partial charge in [0.2, 0.25) is 0 Å². The molecule has 1 amide bonds. The summed E-state index contributed by atoms with van der Waals surface area (Å²) in [4.78, 5) is 25.1. The maximum absolute atomic E-state index is 12.8. The Morgan fingerprint density at radius 3 is 2.53 bits per heavy atom. The van der Waals surface area contributed by atoms with Gasteiger partial charge in [-0.25, -0.2) is 0 Å². The molecule has 0 saturated carbocycles. The van der Waals surface area contributed by atoms with Crippen LogP contribution < -0.4 is 25.4 Å². The number of halogens is 1. The Balaban J connectivity index is 1.46. The van der Waals surface area contributed by atoms with Gasteiger partial charge in [-0.05, 0) is 63.1 Å². The normalized spacial score (nSPS) is 16.6. The minimum atomic E-state index is -0.599. The van der Waals surface area contributed by atoms with E-state index in [9.17, 15) is 14.9 Å². The molecular weight excluding hydrogens is 568 g/mol. The van der Waals surface area contributed by atoms with Crippen molar-refractivity contribution >= 4 is 23.3 Å². The van der Waals surface area contributed by atoms with E-state index in [4.69, 9.17) is 25.8 Å². The number of hydrogen-bond donors (Lipinski definition) is 3. The number of benzene rings is 1. The van der Waals surface area contributed by atoms with Gasteiger partial charge in [-0.15, -0.1) is 0 Å². The first-order valence-electron chi connectivity index (χ1n) is 14.5. The van der Waals surface area contributed by atoms with Crippen LogP contribution in [-0.2, 0) is 14.3 Å². The molecule has 1 heterocycles. The predicted octanol–water partition coefficient (Wildman–Crippen LogP) is 4.83. The topological polar surface area (TPSA) is 122 Å². The van der Waals surface area contributed by atoms with Crippen LogP contribution in [0.4, 0.5) is 0 Å². The van der Waals surface area contributed by atoms with Crippen LogP contribution in [-0.4, -0.2) is 57.2 Å². The van der Waals surface area contributed by atoms with Crippen molar-refractivity contribution in [2.24, 2.45) is 5.92 Å². The van der Waals surface area contributed by atoms with Gasteiger partial charge in [0.15, 0.2) is 12.4 Å². The summed E-state index contributed by atoms with van der Waals surface area (Å²) in [5.74, 6) is 0.249. The molecule has 1 unspecified atom stereocenters. The van der Waals surface area contributed by atoms with Gasteiger partial charge in [-0.1, -0.05) is 49.8 Å². The minimum absolute atomic E-state index is 0.0982. The number of dihydropyridines is 1. The van der Waals surface area contributed by atoms with Gasteiger partial charge in [0.25, 0.3) is 5.91 Å². The molecule has 3 rings (SSSR count). The number of nitrogens with one attached hydrogen (secondary N) is 3. The van der Waals surface area contributed by atoms with Gasteiger partial charge in [0.05, 0.1) is 37.4 Å². The van der Waals surface area contributed by atoms with E-state index in [1.54, 1.807) is 19.1 Å². The summed E-state index contributed by atoms with van der Waals surface area (Å²) in [5, 5.41) is 19.7. The van der Waals surface area contributed by atoms with Crippen molar-refractivity contribution in [3.05, 3.63) is 81.7 Å². The molecule has 0 saturated heterocycles. The third kappa shape index (κ3) is 10.4. The summed E-state index contributed by atoms with van der Waals surface area (Å²) in [6.45, 7) is 9.43. The first-order chi connectivity index (χ1) is 20.7. The minimum Gasteiger partial charge on any atom is -0.494 e. The first-order valence-corrected chi connectivity index (χ1v) is 14.9.